The molecule has 3 aromatic rings. The highest BCUT2D eigenvalue weighted by Crippen LogP contribution is 2.22. The van der Waals surface area contributed by atoms with E-state index < -0.39 is 0 Å². The molecule has 6 heteroatoms. The van der Waals surface area contributed by atoms with Crippen LogP contribution in [-0.4, -0.2) is 33.5 Å². The second-order valence-corrected chi connectivity index (χ2v) is 6.43. The third-order valence-corrected chi connectivity index (χ3v) is 4.70. The number of likely N-dealkylation sites (tertiary alicyclic amines) is 1. The number of aromatic nitrogens is 2. The molecular weight excluding hydrogens is 326 g/mol. The Labute approximate surface area is 151 Å². The summed E-state index contributed by atoms with van der Waals surface area (Å²) in [6, 6.07) is 15.1. The van der Waals surface area contributed by atoms with E-state index in [1.54, 1.807) is 22.8 Å². The molecule has 1 amide bonds. The summed E-state index contributed by atoms with van der Waals surface area (Å²) in [5.41, 5.74) is 2.90. The van der Waals surface area contributed by atoms with Crippen molar-refractivity contribution in [3.63, 3.8) is 0 Å². The fraction of sp³-hybridized carbons (Fsp3) is 0.250. The van der Waals surface area contributed by atoms with Crippen LogP contribution in [0, 0.1) is 11.3 Å². The number of pyridine rings is 1. The average Bonchev–Trinajstić information content (AvgIpc) is 3.14. The summed E-state index contributed by atoms with van der Waals surface area (Å²) in [5, 5.41) is 16.6. The Bertz CT molecular complexity index is 978. The van der Waals surface area contributed by atoms with Crippen LogP contribution in [0.15, 0.2) is 48.7 Å². The molecule has 26 heavy (non-hydrogen) atoms. The molecule has 0 unspecified atom stereocenters. The van der Waals surface area contributed by atoms with Gasteiger partial charge >= 0.3 is 0 Å². The number of benzene rings is 1. The van der Waals surface area contributed by atoms with Crippen LogP contribution < -0.4 is 5.32 Å². The van der Waals surface area contributed by atoms with Crippen molar-refractivity contribution in [3.05, 3.63) is 59.8 Å². The molecule has 1 aliphatic heterocycles. The molecule has 0 bridgehead atoms. The van der Waals surface area contributed by atoms with E-state index >= 15 is 0 Å². The van der Waals surface area contributed by atoms with Gasteiger partial charge in [-0.3, -0.25) is 4.79 Å². The lowest BCUT2D eigenvalue weighted by molar-refractivity contribution is 0.0726. The quantitative estimate of drug-likeness (QED) is 0.787. The van der Waals surface area contributed by atoms with E-state index in [1.165, 1.54) is 6.42 Å². The number of fused-ring (bicyclic) bond motifs is 1. The third kappa shape index (κ3) is 3.00. The van der Waals surface area contributed by atoms with Gasteiger partial charge in [-0.15, -0.1) is 0 Å². The zero-order chi connectivity index (χ0) is 17.9. The second-order valence-electron chi connectivity index (χ2n) is 6.43. The van der Waals surface area contributed by atoms with Gasteiger partial charge in [0.25, 0.3) is 5.91 Å². The minimum Gasteiger partial charge on any atom is -0.340 e. The molecule has 1 saturated heterocycles. The average molecular weight is 345 g/mol. The van der Waals surface area contributed by atoms with Crippen molar-refractivity contribution in [2.24, 2.45) is 0 Å². The molecule has 1 aliphatic rings. The summed E-state index contributed by atoms with van der Waals surface area (Å²) in [4.78, 5) is 14.8. The topological polar surface area (TPSA) is 73.4 Å². The Morgan fingerprint density at radius 3 is 2.58 bits per heavy atom. The third-order valence-electron chi connectivity index (χ3n) is 4.70. The minimum absolute atomic E-state index is 0.0511. The Hall–Kier alpha value is -3.33. The van der Waals surface area contributed by atoms with Crippen molar-refractivity contribution in [2.75, 3.05) is 18.4 Å². The first-order chi connectivity index (χ1) is 12.8. The molecule has 0 spiro atoms. The maximum Gasteiger partial charge on any atom is 0.257 e. The number of carbonyl (C=O) groups is 1. The Balaban J connectivity index is 1.64. The molecular formula is C20H19N5O. The predicted molar refractivity (Wildman–Crippen MR) is 99.4 cm³/mol. The van der Waals surface area contributed by atoms with Gasteiger partial charge in [0.05, 0.1) is 28.9 Å². The van der Waals surface area contributed by atoms with Crippen LogP contribution in [0.1, 0.15) is 35.2 Å². The summed E-state index contributed by atoms with van der Waals surface area (Å²) in [5.74, 6) is 0.820. The fourth-order valence-electron chi connectivity index (χ4n) is 3.31. The number of nitrogens with zero attached hydrogens (tertiary/aromatic N) is 4. The second kappa shape index (κ2) is 6.89. The molecule has 0 aliphatic carbocycles. The zero-order valence-electron chi connectivity index (χ0n) is 14.4. The molecule has 6 nitrogen and oxygen atoms in total. The van der Waals surface area contributed by atoms with Crippen molar-refractivity contribution in [3.8, 4) is 6.07 Å². The van der Waals surface area contributed by atoms with E-state index in [-0.39, 0.29) is 5.91 Å². The van der Waals surface area contributed by atoms with Gasteiger partial charge in [-0.2, -0.15) is 10.4 Å². The molecule has 130 valence electrons. The van der Waals surface area contributed by atoms with Gasteiger partial charge in [0, 0.05) is 18.8 Å². The largest absolute Gasteiger partial charge is 0.340 e. The Morgan fingerprint density at radius 2 is 1.85 bits per heavy atom. The number of hydrogen-bond donors (Lipinski definition) is 1. The van der Waals surface area contributed by atoms with Gasteiger partial charge in [0.2, 0.25) is 0 Å². The number of anilines is 2. The summed E-state index contributed by atoms with van der Waals surface area (Å²) >= 11 is 0. The van der Waals surface area contributed by atoms with Crippen molar-refractivity contribution in [1.82, 2.24) is 14.5 Å². The Morgan fingerprint density at radius 1 is 1.08 bits per heavy atom. The van der Waals surface area contributed by atoms with Gasteiger partial charge in [0.15, 0.2) is 0 Å². The summed E-state index contributed by atoms with van der Waals surface area (Å²) < 4.78 is 1.75. The predicted octanol–water partition coefficient (Wildman–Crippen LogP) is 3.58. The summed E-state index contributed by atoms with van der Waals surface area (Å²) in [6.07, 6.45) is 4.97. The molecule has 2 aromatic heterocycles. The van der Waals surface area contributed by atoms with Crippen LogP contribution in [0.2, 0.25) is 0 Å². The molecule has 3 heterocycles. The van der Waals surface area contributed by atoms with Crippen molar-refractivity contribution >= 4 is 22.9 Å². The highest BCUT2D eigenvalue weighted by molar-refractivity contribution is 6.01. The fourth-order valence-corrected chi connectivity index (χ4v) is 3.31. The molecule has 1 aromatic carbocycles. The van der Waals surface area contributed by atoms with Gasteiger partial charge < -0.3 is 10.2 Å². The first kappa shape index (κ1) is 16.2. The molecule has 0 atom stereocenters. The number of amides is 1. The van der Waals surface area contributed by atoms with Crippen LogP contribution in [0.4, 0.5) is 11.5 Å². The van der Waals surface area contributed by atoms with E-state index in [1.807, 2.05) is 35.2 Å². The number of nitriles is 1. The van der Waals surface area contributed by atoms with E-state index in [0.717, 1.165) is 43.0 Å². The van der Waals surface area contributed by atoms with E-state index in [2.05, 4.69) is 16.5 Å². The normalized spacial score (nSPS) is 14.2. The molecule has 4 rings (SSSR count). The molecule has 1 fully saturated rings. The molecule has 0 radical (unpaired) electrons. The first-order valence-corrected chi connectivity index (χ1v) is 8.79. The van der Waals surface area contributed by atoms with Crippen molar-refractivity contribution in [1.29, 1.82) is 5.26 Å². The number of hydrogen-bond acceptors (Lipinski definition) is 4. The van der Waals surface area contributed by atoms with Gasteiger partial charge in [-0.1, -0.05) is 6.07 Å². The maximum atomic E-state index is 12.8. The van der Waals surface area contributed by atoms with E-state index in [9.17, 15) is 4.79 Å². The van der Waals surface area contributed by atoms with Gasteiger partial charge in [-0.05, 0) is 55.7 Å². The molecule has 1 N–H and O–H groups in total. The van der Waals surface area contributed by atoms with Crippen molar-refractivity contribution in [2.45, 2.75) is 19.3 Å². The van der Waals surface area contributed by atoms with E-state index in [0.29, 0.717) is 11.1 Å². The molecule has 0 saturated carbocycles. The standard InChI is InChI=1S/C20H19N5O/c21-13-15-7-9-16(10-8-15)23-19-6-4-5-18-17(14-22-25(18)19)20(26)24-11-2-1-3-12-24/h4-10,14,23H,1-3,11-12H2. The lowest BCUT2D eigenvalue weighted by atomic mass is 10.1. The number of piperidine rings is 1. The maximum absolute atomic E-state index is 12.8. The van der Waals surface area contributed by atoms with Crippen LogP contribution in [0.5, 0.6) is 0 Å². The zero-order valence-corrected chi connectivity index (χ0v) is 14.4. The SMILES string of the molecule is N#Cc1ccc(Nc2cccc3c(C(=O)N4CCCCC4)cnn23)cc1. The smallest absolute Gasteiger partial charge is 0.257 e. The highest BCUT2D eigenvalue weighted by atomic mass is 16.2. The summed E-state index contributed by atoms with van der Waals surface area (Å²) in [6.45, 7) is 1.64. The monoisotopic (exact) mass is 345 g/mol. The van der Waals surface area contributed by atoms with Crippen LogP contribution in [-0.2, 0) is 0 Å². The minimum atomic E-state index is 0.0511. The lowest BCUT2D eigenvalue weighted by Gasteiger charge is -2.26. The first-order valence-electron chi connectivity index (χ1n) is 8.79. The summed E-state index contributed by atoms with van der Waals surface area (Å²) in [7, 11) is 0. The van der Waals surface area contributed by atoms with Crippen LogP contribution in [0.25, 0.3) is 5.52 Å². The Kier molecular flexibility index (Phi) is 4.28. The number of rotatable bonds is 3. The van der Waals surface area contributed by atoms with Crippen LogP contribution >= 0.6 is 0 Å². The van der Waals surface area contributed by atoms with Crippen molar-refractivity contribution < 1.29 is 4.79 Å². The van der Waals surface area contributed by atoms with Crippen LogP contribution in [0.3, 0.4) is 0 Å². The van der Waals surface area contributed by atoms with E-state index in [4.69, 9.17) is 5.26 Å². The van der Waals surface area contributed by atoms with Gasteiger partial charge in [0.1, 0.15) is 5.82 Å². The highest BCUT2D eigenvalue weighted by Gasteiger charge is 2.22. The lowest BCUT2D eigenvalue weighted by Crippen LogP contribution is -2.35. The number of nitrogens with one attached hydrogen (secondary N) is 1. The van der Waals surface area contributed by atoms with Gasteiger partial charge in [-0.25, -0.2) is 4.52 Å². The number of carbonyl (C=O) groups excluding carboxylic acids is 1.